The molecule has 0 saturated carbocycles. The van der Waals surface area contributed by atoms with E-state index in [1.54, 1.807) is 22.7 Å². The summed E-state index contributed by atoms with van der Waals surface area (Å²) >= 11 is 3.49. The van der Waals surface area contributed by atoms with Crippen molar-refractivity contribution in [1.29, 1.82) is 0 Å². The van der Waals surface area contributed by atoms with Gasteiger partial charge in [0.25, 0.3) is 5.91 Å². The van der Waals surface area contributed by atoms with Gasteiger partial charge in [-0.15, -0.1) is 22.7 Å². The van der Waals surface area contributed by atoms with Gasteiger partial charge >= 0.3 is 0 Å². The van der Waals surface area contributed by atoms with Crippen molar-refractivity contribution in [3.8, 4) is 10.6 Å². The Labute approximate surface area is 154 Å². The summed E-state index contributed by atoms with van der Waals surface area (Å²) in [6.07, 6.45) is 5.58. The number of nitrogens with zero attached hydrogens (tertiary/aromatic N) is 2. The van der Waals surface area contributed by atoms with E-state index in [0.717, 1.165) is 34.8 Å². The highest BCUT2D eigenvalue weighted by Gasteiger charge is 2.16. The van der Waals surface area contributed by atoms with Crippen molar-refractivity contribution in [1.82, 2.24) is 20.5 Å². The van der Waals surface area contributed by atoms with Crippen LogP contribution in [-0.4, -0.2) is 27.6 Å². The second kappa shape index (κ2) is 7.09. The molecule has 0 fully saturated rings. The van der Waals surface area contributed by atoms with Gasteiger partial charge in [0, 0.05) is 22.7 Å². The van der Waals surface area contributed by atoms with E-state index in [4.69, 9.17) is 4.98 Å². The van der Waals surface area contributed by atoms with Crippen molar-refractivity contribution in [3.05, 3.63) is 44.3 Å². The Morgan fingerprint density at radius 3 is 2.96 bits per heavy atom. The summed E-state index contributed by atoms with van der Waals surface area (Å²) < 4.78 is 0. The molecule has 0 bridgehead atoms. The van der Waals surface area contributed by atoms with Crippen LogP contribution < -0.4 is 5.32 Å². The van der Waals surface area contributed by atoms with Gasteiger partial charge in [-0.2, -0.15) is 5.10 Å². The fourth-order valence-corrected chi connectivity index (χ4v) is 5.02. The summed E-state index contributed by atoms with van der Waals surface area (Å²) in [6, 6.07) is 5.91. The van der Waals surface area contributed by atoms with E-state index in [-0.39, 0.29) is 5.91 Å². The number of hydrogen-bond donors (Lipinski definition) is 2. The molecule has 4 rings (SSSR count). The first-order valence-corrected chi connectivity index (χ1v) is 10.2. The van der Waals surface area contributed by atoms with Gasteiger partial charge in [-0.05, 0) is 50.8 Å². The highest BCUT2D eigenvalue weighted by atomic mass is 32.1. The number of aryl methyl sites for hydroxylation is 3. The van der Waals surface area contributed by atoms with Gasteiger partial charge < -0.3 is 5.32 Å². The van der Waals surface area contributed by atoms with E-state index >= 15 is 0 Å². The Bertz CT molecular complexity index is 869. The summed E-state index contributed by atoms with van der Waals surface area (Å²) in [6.45, 7) is 2.65. The highest BCUT2D eigenvalue weighted by molar-refractivity contribution is 7.15. The molecule has 7 heteroatoms. The van der Waals surface area contributed by atoms with Crippen molar-refractivity contribution >= 4 is 28.6 Å². The molecule has 3 aromatic rings. The molecule has 0 unspecified atom stereocenters. The molecule has 1 amide bonds. The molecule has 3 heterocycles. The van der Waals surface area contributed by atoms with Gasteiger partial charge in [-0.25, -0.2) is 4.98 Å². The lowest BCUT2D eigenvalue weighted by molar-refractivity contribution is 0.0949. The second-order valence-electron chi connectivity index (χ2n) is 6.27. The van der Waals surface area contributed by atoms with Crippen LogP contribution in [0.15, 0.2) is 18.2 Å². The van der Waals surface area contributed by atoms with Crippen LogP contribution in [0.2, 0.25) is 0 Å². The van der Waals surface area contributed by atoms with Crippen molar-refractivity contribution in [2.75, 3.05) is 6.54 Å². The number of nitrogens with one attached hydrogen (secondary N) is 2. The fourth-order valence-electron chi connectivity index (χ4n) is 3.03. The maximum Gasteiger partial charge on any atom is 0.271 e. The lowest BCUT2D eigenvalue weighted by atomic mass is 10.0. The summed E-state index contributed by atoms with van der Waals surface area (Å²) in [5.41, 5.74) is 2.59. The van der Waals surface area contributed by atoms with Crippen molar-refractivity contribution in [3.63, 3.8) is 0 Å². The summed E-state index contributed by atoms with van der Waals surface area (Å²) in [4.78, 5) is 20.8. The number of hydrogen-bond acceptors (Lipinski definition) is 5. The molecule has 0 atom stereocenters. The number of thiophene rings is 1. The van der Waals surface area contributed by atoms with Gasteiger partial charge in [-0.3, -0.25) is 9.89 Å². The first kappa shape index (κ1) is 16.5. The first-order valence-electron chi connectivity index (χ1n) is 8.57. The molecule has 2 N–H and O–H groups in total. The Kier molecular flexibility index (Phi) is 4.67. The normalized spacial score (nSPS) is 13.6. The van der Waals surface area contributed by atoms with E-state index < -0.39 is 0 Å². The van der Waals surface area contributed by atoms with Crippen LogP contribution in [0.25, 0.3) is 10.6 Å². The van der Waals surface area contributed by atoms with Crippen LogP contribution in [0.5, 0.6) is 0 Å². The highest BCUT2D eigenvalue weighted by Crippen LogP contribution is 2.27. The van der Waals surface area contributed by atoms with Crippen LogP contribution in [0.3, 0.4) is 0 Å². The smallest absolute Gasteiger partial charge is 0.271 e. The lowest BCUT2D eigenvalue weighted by Crippen LogP contribution is -2.26. The van der Waals surface area contributed by atoms with Crippen molar-refractivity contribution < 1.29 is 4.79 Å². The molecule has 0 radical (unpaired) electrons. The Hall–Kier alpha value is -1.99. The molecule has 1 aliphatic rings. The first-order chi connectivity index (χ1) is 12.2. The minimum absolute atomic E-state index is 0.142. The Balaban J connectivity index is 1.33. The standard InChI is InChI=1S/C18H20N4OS2/c1-11-6-7-16(24-11)13-10-14(22-21-13)18(23)19-9-8-17-20-12-4-2-3-5-15(12)25-17/h6-7,10H,2-5,8-9H2,1H3,(H,19,23)(H,21,22). The zero-order valence-corrected chi connectivity index (χ0v) is 15.7. The van der Waals surface area contributed by atoms with Crippen molar-refractivity contribution in [2.24, 2.45) is 0 Å². The van der Waals surface area contributed by atoms with Gasteiger partial charge in [0.1, 0.15) is 0 Å². The summed E-state index contributed by atoms with van der Waals surface area (Å²) in [5, 5.41) is 11.2. The predicted octanol–water partition coefficient (Wildman–Crippen LogP) is 3.75. The summed E-state index contributed by atoms with van der Waals surface area (Å²) in [7, 11) is 0. The maximum absolute atomic E-state index is 12.3. The average molecular weight is 373 g/mol. The van der Waals surface area contributed by atoms with E-state index in [0.29, 0.717) is 12.2 Å². The number of aromatic amines is 1. The van der Waals surface area contributed by atoms with Gasteiger partial charge in [0.05, 0.1) is 21.3 Å². The van der Waals surface area contributed by atoms with E-state index in [1.165, 1.54) is 28.3 Å². The topological polar surface area (TPSA) is 70.7 Å². The molecule has 130 valence electrons. The molecule has 25 heavy (non-hydrogen) atoms. The number of amides is 1. The molecule has 0 spiro atoms. The maximum atomic E-state index is 12.3. The van der Waals surface area contributed by atoms with E-state index in [9.17, 15) is 4.79 Å². The van der Waals surface area contributed by atoms with Crippen LogP contribution >= 0.6 is 22.7 Å². The third-order valence-electron chi connectivity index (χ3n) is 4.33. The molecule has 1 aliphatic carbocycles. The minimum atomic E-state index is -0.142. The zero-order chi connectivity index (χ0) is 17.2. The average Bonchev–Trinajstić information content (AvgIpc) is 3.32. The third kappa shape index (κ3) is 3.67. The minimum Gasteiger partial charge on any atom is -0.350 e. The Morgan fingerprint density at radius 1 is 1.28 bits per heavy atom. The summed E-state index contributed by atoms with van der Waals surface area (Å²) in [5.74, 6) is -0.142. The van der Waals surface area contributed by atoms with Crippen LogP contribution in [0.1, 0.15) is 43.8 Å². The van der Waals surface area contributed by atoms with Gasteiger partial charge in [0.2, 0.25) is 0 Å². The molecule has 0 aliphatic heterocycles. The molecular weight excluding hydrogens is 352 g/mol. The van der Waals surface area contributed by atoms with E-state index in [2.05, 4.69) is 28.5 Å². The van der Waals surface area contributed by atoms with Gasteiger partial charge in [-0.1, -0.05) is 0 Å². The number of carbonyl (C=O) groups excluding carboxylic acids is 1. The van der Waals surface area contributed by atoms with E-state index in [1.807, 2.05) is 12.1 Å². The number of fused-ring (bicyclic) bond motifs is 1. The predicted molar refractivity (Wildman–Crippen MR) is 101 cm³/mol. The number of carbonyl (C=O) groups is 1. The fraction of sp³-hybridized carbons (Fsp3) is 0.389. The molecule has 0 saturated heterocycles. The number of H-pyrrole nitrogens is 1. The SMILES string of the molecule is Cc1ccc(-c2cc(C(=O)NCCc3nc4c(s3)CCCC4)n[nH]2)s1. The molecule has 5 nitrogen and oxygen atoms in total. The molecule has 3 aromatic heterocycles. The molecular formula is C18H20N4OS2. The van der Waals surface area contributed by atoms with Crippen LogP contribution in [0, 0.1) is 6.92 Å². The largest absolute Gasteiger partial charge is 0.350 e. The third-order valence-corrected chi connectivity index (χ3v) is 6.58. The lowest BCUT2D eigenvalue weighted by Gasteiger charge is -2.06. The number of rotatable bonds is 5. The van der Waals surface area contributed by atoms with Crippen molar-refractivity contribution in [2.45, 2.75) is 39.0 Å². The Morgan fingerprint density at radius 2 is 2.16 bits per heavy atom. The number of aromatic nitrogens is 3. The zero-order valence-electron chi connectivity index (χ0n) is 14.1. The molecule has 0 aromatic carbocycles. The van der Waals surface area contributed by atoms with Gasteiger partial charge in [0.15, 0.2) is 5.69 Å². The second-order valence-corrected chi connectivity index (χ2v) is 8.72. The number of thiazole rings is 1. The van der Waals surface area contributed by atoms with Crippen LogP contribution in [0.4, 0.5) is 0 Å². The van der Waals surface area contributed by atoms with Crippen LogP contribution in [-0.2, 0) is 19.3 Å². The quantitative estimate of drug-likeness (QED) is 0.716. The monoisotopic (exact) mass is 372 g/mol.